The predicted molar refractivity (Wildman–Crippen MR) is 65.6 cm³/mol. The quantitative estimate of drug-likeness (QED) is 0.790. The highest BCUT2D eigenvalue weighted by atomic mass is 14.9. The summed E-state index contributed by atoms with van der Waals surface area (Å²) in [5.74, 6) is 0.682. The molecule has 0 spiro atoms. The minimum Gasteiger partial charge on any atom is -0.385 e. The minimum absolute atomic E-state index is 0.682. The van der Waals surface area contributed by atoms with Crippen LogP contribution in [0.3, 0.4) is 0 Å². The molecule has 0 aromatic heterocycles. The van der Waals surface area contributed by atoms with E-state index in [-0.39, 0.29) is 0 Å². The number of likely N-dealkylation sites (N-methyl/N-ethyl adjacent to an activating group) is 1. The summed E-state index contributed by atoms with van der Waals surface area (Å²) in [7, 11) is 0. The van der Waals surface area contributed by atoms with Gasteiger partial charge >= 0.3 is 0 Å². The first-order valence-electron chi connectivity index (χ1n) is 5.86. The number of nitrogens with one attached hydrogen (secondary N) is 2. The summed E-state index contributed by atoms with van der Waals surface area (Å²) in [5.41, 5.74) is 4.15. The van der Waals surface area contributed by atoms with Gasteiger partial charge in [-0.05, 0) is 37.1 Å². The zero-order chi connectivity index (χ0) is 10.7. The first kappa shape index (κ1) is 10.5. The molecular weight excluding hydrogens is 184 g/mol. The van der Waals surface area contributed by atoms with Crippen LogP contribution >= 0.6 is 0 Å². The Balaban J connectivity index is 2.18. The fraction of sp³-hybridized carbons (Fsp3) is 0.538. The fourth-order valence-corrected chi connectivity index (χ4v) is 2.25. The highest BCUT2D eigenvalue weighted by Gasteiger charge is 2.18. The van der Waals surface area contributed by atoms with Gasteiger partial charge < -0.3 is 10.6 Å². The molecule has 0 radical (unpaired) electrons. The van der Waals surface area contributed by atoms with Crippen molar-refractivity contribution in [3.8, 4) is 0 Å². The second-order valence-corrected chi connectivity index (χ2v) is 4.31. The van der Waals surface area contributed by atoms with Gasteiger partial charge in [0.05, 0.1) is 0 Å². The number of rotatable bonds is 3. The van der Waals surface area contributed by atoms with Crippen LogP contribution in [-0.2, 0) is 0 Å². The van der Waals surface area contributed by atoms with Gasteiger partial charge in [0.25, 0.3) is 0 Å². The molecule has 2 heteroatoms. The molecule has 0 saturated heterocycles. The molecule has 0 amide bonds. The lowest BCUT2D eigenvalue weighted by Crippen LogP contribution is -2.26. The number of fused-ring (bicyclic) bond motifs is 1. The molecule has 82 valence electrons. The van der Waals surface area contributed by atoms with Gasteiger partial charge in [-0.3, -0.25) is 0 Å². The average molecular weight is 204 g/mol. The number of benzene rings is 1. The van der Waals surface area contributed by atoms with Gasteiger partial charge in [0.15, 0.2) is 0 Å². The topological polar surface area (TPSA) is 24.1 Å². The van der Waals surface area contributed by atoms with Crippen LogP contribution in [0.2, 0.25) is 0 Å². The monoisotopic (exact) mass is 204 g/mol. The van der Waals surface area contributed by atoms with E-state index >= 15 is 0 Å². The maximum Gasteiger partial charge on any atom is 0.0378 e. The van der Waals surface area contributed by atoms with Crippen LogP contribution in [0.1, 0.15) is 30.4 Å². The molecule has 1 unspecified atom stereocenters. The second kappa shape index (κ2) is 4.67. The van der Waals surface area contributed by atoms with E-state index in [1.165, 1.54) is 23.2 Å². The molecule has 1 atom stereocenters. The van der Waals surface area contributed by atoms with Gasteiger partial charge in [-0.25, -0.2) is 0 Å². The Morgan fingerprint density at radius 3 is 3.13 bits per heavy atom. The molecule has 1 aromatic rings. The lowest BCUT2D eigenvalue weighted by Gasteiger charge is -2.27. The smallest absolute Gasteiger partial charge is 0.0378 e. The Morgan fingerprint density at radius 1 is 1.47 bits per heavy atom. The summed E-state index contributed by atoms with van der Waals surface area (Å²) in [6, 6.07) is 6.75. The lowest BCUT2D eigenvalue weighted by atomic mass is 9.90. The van der Waals surface area contributed by atoms with Crippen molar-refractivity contribution in [1.29, 1.82) is 0 Å². The number of hydrogen-bond donors (Lipinski definition) is 2. The van der Waals surface area contributed by atoms with Crippen molar-refractivity contribution < 1.29 is 0 Å². The minimum atomic E-state index is 0.682. The Labute approximate surface area is 92.1 Å². The van der Waals surface area contributed by atoms with Gasteiger partial charge in [-0.15, -0.1) is 0 Å². The zero-order valence-electron chi connectivity index (χ0n) is 9.64. The average Bonchev–Trinajstić information content (AvgIpc) is 2.25. The van der Waals surface area contributed by atoms with Crippen molar-refractivity contribution in [2.45, 2.75) is 26.2 Å². The highest BCUT2D eigenvalue weighted by Crippen LogP contribution is 2.31. The number of aryl methyl sites for hydroxylation is 1. The summed E-state index contributed by atoms with van der Waals surface area (Å²) in [6.45, 7) is 7.58. The van der Waals surface area contributed by atoms with E-state index in [4.69, 9.17) is 0 Å². The third-order valence-corrected chi connectivity index (χ3v) is 3.10. The standard InChI is InChI=1S/C13H20N2/c1-3-14-9-11-6-7-15-13-8-10(2)4-5-12(11)13/h4-5,8,11,14-15H,3,6-7,9H2,1-2H3. The molecule has 1 aliphatic heterocycles. The Bertz CT molecular complexity index is 333. The largest absolute Gasteiger partial charge is 0.385 e. The van der Waals surface area contributed by atoms with Crippen LogP contribution in [0.4, 0.5) is 5.69 Å². The highest BCUT2D eigenvalue weighted by molar-refractivity contribution is 5.56. The normalized spacial score (nSPS) is 19.5. The van der Waals surface area contributed by atoms with E-state index in [2.05, 4.69) is 42.7 Å². The SMILES string of the molecule is CCNCC1CCNc2cc(C)ccc21. The Morgan fingerprint density at radius 2 is 2.33 bits per heavy atom. The summed E-state index contributed by atoms with van der Waals surface area (Å²) >= 11 is 0. The molecule has 0 bridgehead atoms. The van der Waals surface area contributed by atoms with Crippen LogP contribution < -0.4 is 10.6 Å². The molecule has 15 heavy (non-hydrogen) atoms. The van der Waals surface area contributed by atoms with E-state index in [0.29, 0.717) is 5.92 Å². The van der Waals surface area contributed by atoms with Gasteiger partial charge in [-0.2, -0.15) is 0 Å². The molecule has 1 aliphatic rings. The fourth-order valence-electron chi connectivity index (χ4n) is 2.25. The lowest BCUT2D eigenvalue weighted by molar-refractivity contribution is 0.563. The molecule has 2 nitrogen and oxygen atoms in total. The van der Waals surface area contributed by atoms with E-state index in [0.717, 1.165) is 19.6 Å². The molecule has 0 saturated carbocycles. The van der Waals surface area contributed by atoms with Crippen LogP contribution in [0.15, 0.2) is 18.2 Å². The molecule has 2 rings (SSSR count). The van der Waals surface area contributed by atoms with E-state index < -0.39 is 0 Å². The van der Waals surface area contributed by atoms with Gasteiger partial charge in [0, 0.05) is 24.7 Å². The van der Waals surface area contributed by atoms with Gasteiger partial charge in [0.1, 0.15) is 0 Å². The third-order valence-electron chi connectivity index (χ3n) is 3.10. The van der Waals surface area contributed by atoms with Crippen molar-refractivity contribution in [1.82, 2.24) is 5.32 Å². The van der Waals surface area contributed by atoms with Crippen molar-refractivity contribution in [2.24, 2.45) is 0 Å². The second-order valence-electron chi connectivity index (χ2n) is 4.31. The van der Waals surface area contributed by atoms with Gasteiger partial charge in [0.2, 0.25) is 0 Å². The maximum absolute atomic E-state index is 3.48. The van der Waals surface area contributed by atoms with Gasteiger partial charge in [-0.1, -0.05) is 19.1 Å². The van der Waals surface area contributed by atoms with Crippen LogP contribution in [-0.4, -0.2) is 19.6 Å². The van der Waals surface area contributed by atoms with Crippen LogP contribution in [0.25, 0.3) is 0 Å². The van der Waals surface area contributed by atoms with Crippen molar-refractivity contribution >= 4 is 5.69 Å². The molecule has 1 heterocycles. The van der Waals surface area contributed by atoms with Crippen LogP contribution in [0.5, 0.6) is 0 Å². The molecular formula is C13H20N2. The Kier molecular flexibility index (Phi) is 3.27. The Hall–Kier alpha value is -1.02. The predicted octanol–water partition coefficient (Wildman–Crippen LogP) is 2.50. The molecule has 0 aliphatic carbocycles. The van der Waals surface area contributed by atoms with E-state index in [1.807, 2.05) is 0 Å². The van der Waals surface area contributed by atoms with E-state index in [1.54, 1.807) is 0 Å². The van der Waals surface area contributed by atoms with Crippen molar-refractivity contribution in [3.63, 3.8) is 0 Å². The molecule has 0 fully saturated rings. The maximum atomic E-state index is 3.48. The molecule has 2 N–H and O–H groups in total. The summed E-state index contributed by atoms with van der Waals surface area (Å²) in [5, 5.41) is 6.93. The summed E-state index contributed by atoms with van der Waals surface area (Å²) < 4.78 is 0. The number of anilines is 1. The number of hydrogen-bond acceptors (Lipinski definition) is 2. The molecule has 1 aromatic carbocycles. The summed E-state index contributed by atoms with van der Waals surface area (Å²) in [4.78, 5) is 0. The van der Waals surface area contributed by atoms with Crippen LogP contribution in [0, 0.1) is 6.92 Å². The third kappa shape index (κ3) is 2.32. The summed E-state index contributed by atoms with van der Waals surface area (Å²) in [6.07, 6.45) is 1.24. The van der Waals surface area contributed by atoms with Crippen molar-refractivity contribution in [2.75, 3.05) is 25.0 Å². The van der Waals surface area contributed by atoms with Crippen molar-refractivity contribution in [3.05, 3.63) is 29.3 Å². The van der Waals surface area contributed by atoms with E-state index in [9.17, 15) is 0 Å². The first-order chi connectivity index (χ1) is 7.31. The zero-order valence-corrected chi connectivity index (χ0v) is 9.64. The first-order valence-corrected chi connectivity index (χ1v) is 5.86.